The Morgan fingerprint density at radius 3 is 2.36 bits per heavy atom. The zero-order valence-corrected chi connectivity index (χ0v) is 20.2. The number of hydrogen-bond donors (Lipinski definition) is 2. The molecule has 10 heteroatoms. The van der Waals surface area contributed by atoms with Gasteiger partial charge in [-0.1, -0.05) is 33.1 Å². The van der Waals surface area contributed by atoms with Crippen molar-refractivity contribution in [2.75, 3.05) is 43.4 Å². The van der Waals surface area contributed by atoms with Crippen LogP contribution < -0.4 is 21.9 Å². The minimum atomic E-state index is -0.642. The van der Waals surface area contributed by atoms with Gasteiger partial charge in [0.2, 0.25) is 5.91 Å². The molecule has 2 heterocycles. The summed E-state index contributed by atoms with van der Waals surface area (Å²) in [4.78, 5) is 56.1. The zero-order valence-electron chi connectivity index (χ0n) is 20.2. The molecule has 1 aliphatic heterocycles. The third-order valence-corrected chi connectivity index (χ3v) is 6.07. The standard InChI is InChI=1S/C23H39N5O5/c1-4-7-9-13-27(19-20(24)28(12-8-5-2)23(32)25-21(19)30)18(29)16-26-14-10-17(11-15-26)22(31)33-6-3/h17H,4-16,24H2,1-3H3,(H,25,30,32). The lowest BCUT2D eigenvalue weighted by Crippen LogP contribution is -2.47. The van der Waals surface area contributed by atoms with E-state index in [1.54, 1.807) is 6.92 Å². The fourth-order valence-corrected chi connectivity index (χ4v) is 4.12. The molecule has 0 unspecified atom stereocenters. The summed E-state index contributed by atoms with van der Waals surface area (Å²) in [5.74, 6) is -0.530. The number of H-pyrrole nitrogens is 1. The molecule has 1 amide bonds. The molecule has 0 aliphatic carbocycles. The van der Waals surface area contributed by atoms with Crippen molar-refractivity contribution in [3.63, 3.8) is 0 Å². The molecule has 0 aromatic carbocycles. The van der Waals surface area contributed by atoms with Crippen molar-refractivity contribution in [1.82, 2.24) is 14.5 Å². The Hall–Kier alpha value is -2.62. The molecule has 1 aliphatic rings. The summed E-state index contributed by atoms with van der Waals surface area (Å²) < 4.78 is 6.45. The van der Waals surface area contributed by atoms with E-state index >= 15 is 0 Å². The molecule has 0 bridgehead atoms. The van der Waals surface area contributed by atoms with Gasteiger partial charge in [0.1, 0.15) is 5.82 Å². The second-order valence-electron chi connectivity index (χ2n) is 8.55. The fraction of sp³-hybridized carbons (Fsp3) is 0.739. The number of carbonyl (C=O) groups excluding carboxylic acids is 2. The molecule has 1 aromatic rings. The first-order chi connectivity index (χ1) is 15.8. The first-order valence-electron chi connectivity index (χ1n) is 12.2. The molecule has 0 saturated carbocycles. The number of amides is 1. The number of anilines is 2. The van der Waals surface area contributed by atoms with Crippen LogP contribution in [0.25, 0.3) is 0 Å². The molecule has 2 rings (SSSR count). The van der Waals surface area contributed by atoms with Crippen LogP contribution in [0.1, 0.15) is 65.7 Å². The van der Waals surface area contributed by atoms with Gasteiger partial charge in [0.15, 0.2) is 5.69 Å². The van der Waals surface area contributed by atoms with Gasteiger partial charge in [0.05, 0.1) is 19.1 Å². The molecule has 0 spiro atoms. The van der Waals surface area contributed by atoms with Crippen molar-refractivity contribution < 1.29 is 14.3 Å². The largest absolute Gasteiger partial charge is 0.466 e. The highest BCUT2D eigenvalue weighted by Gasteiger charge is 2.29. The number of nitrogens with two attached hydrogens (primary N) is 1. The van der Waals surface area contributed by atoms with Crippen LogP contribution in [-0.4, -0.2) is 59.1 Å². The Morgan fingerprint density at radius 1 is 1.09 bits per heavy atom. The minimum absolute atomic E-state index is 0.0306. The normalized spacial score (nSPS) is 14.9. The van der Waals surface area contributed by atoms with Crippen molar-refractivity contribution >= 4 is 23.4 Å². The van der Waals surface area contributed by atoms with Gasteiger partial charge in [-0.2, -0.15) is 0 Å². The molecular formula is C23H39N5O5. The molecule has 186 valence electrons. The third kappa shape index (κ3) is 7.18. The van der Waals surface area contributed by atoms with Crippen LogP contribution in [0.5, 0.6) is 0 Å². The SMILES string of the molecule is CCCCCN(C(=O)CN1CCC(C(=O)OCC)CC1)c1c(N)n(CCCC)c(=O)[nH]c1=O. The van der Waals surface area contributed by atoms with Crippen LogP contribution in [0.2, 0.25) is 0 Å². The van der Waals surface area contributed by atoms with E-state index in [9.17, 15) is 19.2 Å². The fourth-order valence-electron chi connectivity index (χ4n) is 4.12. The number of aromatic nitrogens is 2. The second-order valence-corrected chi connectivity index (χ2v) is 8.55. The van der Waals surface area contributed by atoms with E-state index in [0.29, 0.717) is 45.6 Å². The summed E-state index contributed by atoms with van der Waals surface area (Å²) in [5.41, 5.74) is 5.11. The lowest BCUT2D eigenvalue weighted by Gasteiger charge is -2.32. The molecule has 1 fully saturated rings. The van der Waals surface area contributed by atoms with Gasteiger partial charge in [-0.15, -0.1) is 0 Å². The maximum absolute atomic E-state index is 13.3. The smallest absolute Gasteiger partial charge is 0.330 e. The van der Waals surface area contributed by atoms with E-state index in [1.807, 2.05) is 11.8 Å². The topological polar surface area (TPSA) is 131 Å². The lowest BCUT2D eigenvalue weighted by molar-refractivity contribution is -0.149. The van der Waals surface area contributed by atoms with Crippen LogP contribution in [0.15, 0.2) is 9.59 Å². The average molecular weight is 466 g/mol. The van der Waals surface area contributed by atoms with E-state index in [2.05, 4.69) is 11.9 Å². The highest BCUT2D eigenvalue weighted by molar-refractivity contribution is 5.96. The van der Waals surface area contributed by atoms with E-state index in [0.717, 1.165) is 32.1 Å². The van der Waals surface area contributed by atoms with Crippen molar-refractivity contribution in [2.24, 2.45) is 5.92 Å². The molecule has 1 aromatic heterocycles. The Morgan fingerprint density at radius 2 is 1.76 bits per heavy atom. The number of unbranched alkanes of at least 4 members (excludes halogenated alkanes) is 3. The Kier molecular flexibility index (Phi) is 10.6. The molecule has 0 atom stereocenters. The van der Waals surface area contributed by atoms with Gasteiger partial charge in [-0.3, -0.25) is 28.8 Å². The van der Waals surface area contributed by atoms with E-state index in [4.69, 9.17) is 10.5 Å². The van der Waals surface area contributed by atoms with Crippen LogP contribution in [0, 0.1) is 5.92 Å². The van der Waals surface area contributed by atoms with Gasteiger partial charge < -0.3 is 15.4 Å². The Bertz CT molecular complexity index is 901. The molecule has 0 radical (unpaired) electrons. The number of aromatic amines is 1. The molecule has 10 nitrogen and oxygen atoms in total. The predicted molar refractivity (Wildman–Crippen MR) is 128 cm³/mol. The second kappa shape index (κ2) is 13.2. The minimum Gasteiger partial charge on any atom is -0.466 e. The van der Waals surface area contributed by atoms with Gasteiger partial charge in [0.25, 0.3) is 5.56 Å². The lowest BCUT2D eigenvalue weighted by atomic mass is 9.97. The van der Waals surface area contributed by atoms with Crippen LogP contribution >= 0.6 is 0 Å². The van der Waals surface area contributed by atoms with Crippen molar-refractivity contribution in [3.8, 4) is 0 Å². The Labute approximate surface area is 195 Å². The number of hydrogen-bond acceptors (Lipinski definition) is 7. The highest BCUT2D eigenvalue weighted by Crippen LogP contribution is 2.21. The summed E-state index contributed by atoms with van der Waals surface area (Å²) in [7, 11) is 0. The van der Waals surface area contributed by atoms with E-state index < -0.39 is 11.2 Å². The van der Waals surface area contributed by atoms with E-state index in [-0.39, 0.29) is 35.8 Å². The summed E-state index contributed by atoms with van der Waals surface area (Å²) in [5, 5.41) is 0. The predicted octanol–water partition coefficient (Wildman–Crippen LogP) is 1.72. The average Bonchev–Trinajstić information content (AvgIpc) is 2.78. The van der Waals surface area contributed by atoms with Gasteiger partial charge in [-0.25, -0.2) is 4.79 Å². The number of esters is 1. The maximum Gasteiger partial charge on any atom is 0.330 e. The summed E-state index contributed by atoms with van der Waals surface area (Å²) >= 11 is 0. The maximum atomic E-state index is 13.3. The number of ether oxygens (including phenoxy) is 1. The van der Waals surface area contributed by atoms with E-state index in [1.165, 1.54) is 9.47 Å². The number of nitrogen functional groups attached to an aromatic ring is 1. The molecule has 1 saturated heterocycles. The van der Waals surface area contributed by atoms with Crippen molar-refractivity contribution in [2.45, 2.75) is 72.3 Å². The van der Waals surface area contributed by atoms with Crippen LogP contribution in [0.3, 0.4) is 0 Å². The highest BCUT2D eigenvalue weighted by atomic mass is 16.5. The molecule has 33 heavy (non-hydrogen) atoms. The number of piperidine rings is 1. The first kappa shape index (κ1) is 26.6. The monoisotopic (exact) mass is 465 g/mol. The molecule has 3 N–H and O–H groups in total. The van der Waals surface area contributed by atoms with Gasteiger partial charge in [-0.05, 0) is 45.7 Å². The molecular weight excluding hydrogens is 426 g/mol. The zero-order chi connectivity index (χ0) is 24.4. The third-order valence-electron chi connectivity index (χ3n) is 6.07. The summed E-state index contributed by atoms with van der Waals surface area (Å²) in [6.45, 7) is 8.26. The number of nitrogens with zero attached hydrogens (tertiary/aromatic N) is 3. The first-order valence-corrected chi connectivity index (χ1v) is 12.2. The van der Waals surface area contributed by atoms with Crippen molar-refractivity contribution in [1.29, 1.82) is 0 Å². The van der Waals surface area contributed by atoms with Gasteiger partial charge >= 0.3 is 11.7 Å². The number of carbonyl (C=O) groups is 2. The van der Waals surface area contributed by atoms with Gasteiger partial charge in [0, 0.05) is 13.1 Å². The quantitative estimate of drug-likeness (QED) is 0.355. The Balaban J connectivity index is 2.21. The summed E-state index contributed by atoms with van der Waals surface area (Å²) in [6, 6.07) is 0. The number of likely N-dealkylation sites (tertiary alicyclic amines) is 1. The number of rotatable bonds is 12. The van der Waals surface area contributed by atoms with Crippen LogP contribution in [0.4, 0.5) is 11.5 Å². The summed E-state index contributed by atoms with van der Waals surface area (Å²) in [6.07, 6.45) is 5.45. The number of nitrogens with one attached hydrogen (secondary N) is 1. The van der Waals surface area contributed by atoms with Crippen molar-refractivity contribution in [3.05, 3.63) is 20.8 Å². The van der Waals surface area contributed by atoms with Crippen LogP contribution in [-0.2, 0) is 20.9 Å².